The highest BCUT2D eigenvalue weighted by molar-refractivity contribution is 5.76. The van der Waals surface area contributed by atoms with Gasteiger partial charge < -0.3 is 15.5 Å². The molecule has 4 heteroatoms. The number of hydrogen-bond donors (Lipinski definition) is 3. The van der Waals surface area contributed by atoms with Crippen molar-refractivity contribution in [2.24, 2.45) is 0 Å². The summed E-state index contributed by atoms with van der Waals surface area (Å²) in [6.45, 7) is 4.28. The predicted octanol–water partition coefficient (Wildman–Crippen LogP) is 10.5. The van der Waals surface area contributed by atoms with Crippen LogP contribution >= 0.6 is 0 Å². The van der Waals surface area contributed by atoms with Gasteiger partial charge in [0.2, 0.25) is 5.91 Å². The average molecular weight is 578 g/mol. The molecule has 0 spiro atoms. The minimum Gasteiger partial charge on any atom is -0.394 e. The van der Waals surface area contributed by atoms with Gasteiger partial charge in [-0.05, 0) is 32.1 Å². The molecule has 0 fully saturated rings. The molecule has 0 aromatic heterocycles. The second kappa shape index (κ2) is 33.4. The van der Waals surface area contributed by atoms with Crippen molar-refractivity contribution in [3.05, 3.63) is 24.3 Å². The molecule has 2 atom stereocenters. The molecule has 242 valence electrons. The Morgan fingerprint density at radius 1 is 0.561 bits per heavy atom. The number of hydrogen-bond acceptors (Lipinski definition) is 3. The molecule has 0 aliphatic heterocycles. The van der Waals surface area contributed by atoms with Crippen LogP contribution in [0.5, 0.6) is 0 Å². The minimum atomic E-state index is -0.855. The van der Waals surface area contributed by atoms with Gasteiger partial charge in [-0.25, -0.2) is 0 Å². The van der Waals surface area contributed by atoms with E-state index in [-0.39, 0.29) is 12.5 Å². The van der Waals surface area contributed by atoms with Crippen molar-refractivity contribution in [1.29, 1.82) is 0 Å². The lowest BCUT2D eigenvalue weighted by Gasteiger charge is -2.19. The first-order valence-corrected chi connectivity index (χ1v) is 18.1. The normalized spacial score (nSPS) is 13.4. The van der Waals surface area contributed by atoms with Gasteiger partial charge in [0, 0.05) is 6.42 Å². The van der Waals surface area contributed by atoms with Crippen LogP contribution in [0.1, 0.15) is 187 Å². The van der Waals surface area contributed by atoms with Gasteiger partial charge in [-0.1, -0.05) is 173 Å². The summed E-state index contributed by atoms with van der Waals surface area (Å²) in [6, 6.07) is -0.632. The zero-order valence-electron chi connectivity index (χ0n) is 27.6. The first kappa shape index (κ1) is 39.9. The minimum absolute atomic E-state index is 0.0739. The van der Waals surface area contributed by atoms with Crippen molar-refractivity contribution in [3.8, 4) is 0 Å². The molecule has 0 aromatic carbocycles. The molecular formula is C37H71NO3. The van der Waals surface area contributed by atoms with Gasteiger partial charge in [0.1, 0.15) is 0 Å². The second-order valence-corrected chi connectivity index (χ2v) is 12.3. The first-order valence-electron chi connectivity index (χ1n) is 18.1. The number of carbonyl (C=O) groups excluding carboxylic acids is 1. The Labute approximate surface area is 256 Å². The van der Waals surface area contributed by atoms with Crippen LogP contribution in [0.15, 0.2) is 24.3 Å². The van der Waals surface area contributed by atoms with Crippen LogP contribution in [-0.2, 0) is 4.79 Å². The van der Waals surface area contributed by atoms with Gasteiger partial charge >= 0.3 is 0 Å². The third-order valence-corrected chi connectivity index (χ3v) is 8.19. The lowest BCUT2D eigenvalue weighted by molar-refractivity contribution is -0.123. The highest BCUT2D eigenvalue weighted by Crippen LogP contribution is 2.14. The highest BCUT2D eigenvalue weighted by atomic mass is 16.3. The molecule has 0 saturated carbocycles. The number of nitrogens with one attached hydrogen (secondary N) is 1. The lowest BCUT2D eigenvalue weighted by atomic mass is 10.0. The van der Waals surface area contributed by atoms with Crippen LogP contribution in [0.25, 0.3) is 0 Å². The number of amides is 1. The molecular weight excluding hydrogens is 506 g/mol. The van der Waals surface area contributed by atoms with E-state index in [1.807, 2.05) is 6.08 Å². The fraction of sp³-hybridized carbons (Fsp3) is 0.865. The summed E-state index contributed by atoms with van der Waals surface area (Å²) in [5, 5.41) is 22.8. The summed E-state index contributed by atoms with van der Waals surface area (Å²) in [7, 11) is 0. The van der Waals surface area contributed by atoms with E-state index in [9.17, 15) is 15.0 Å². The van der Waals surface area contributed by atoms with Crippen molar-refractivity contribution in [2.75, 3.05) is 6.61 Å². The fourth-order valence-electron chi connectivity index (χ4n) is 5.37. The number of carbonyl (C=O) groups is 1. The smallest absolute Gasteiger partial charge is 0.220 e. The SMILES string of the molecule is CCCCCCCCC/C=C/CC/C=C/[C@@H](O)[C@H](CO)NC(=O)CCCCCCCCCCCCCCCCCC. The zero-order chi connectivity index (χ0) is 30.1. The number of unbranched alkanes of at least 4 members (excludes halogenated alkanes) is 23. The van der Waals surface area contributed by atoms with E-state index in [2.05, 4.69) is 31.3 Å². The van der Waals surface area contributed by atoms with Crippen LogP contribution < -0.4 is 5.32 Å². The fourth-order valence-corrected chi connectivity index (χ4v) is 5.37. The van der Waals surface area contributed by atoms with Crippen LogP contribution in [0.4, 0.5) is 0 Å². The van der Waals surface area contributed by atoms with Gasteiger partial charge in [-0.15, -0.1) is 0 Å². The number of rotatable bonds is 32. The molecule has 3 N–H and O–H groups in total. The van der Waals surface area contributed by atoms with Gasteiger partial charge in [-0.2, -0.15) is 0 Å². The topological polar surface area (TPSA) is 69.6 Å². The Bertz CT molecular complexity index is 589. The van der Waals surface area contributed by atoms with Crippen molar-refractivity contribution < 1.29 is 15.0 Å². The maximum atomic E-state index is 12.3. The molecule has 0 heterocycles. The molecule has 0 rings (SSSR count). The Morgan fingerprint density at radius 3 is 1.41 bits per heavy atom. The Hall–Kier alpha value is -1.13. The third-order valence-electron chi connectivity index (χ3n) is 8.19. The van der Waals surface area contributed by atoms with Crippen LogP contribution in [0.3, 0.4) is 0 Å². The molecule has 0 aliphatic rings. The van der Waals surface area contributed by atoms with E-state index < -0.39 is 12.1 Å². The van der Waals surface area contributed by atoms with Gasteiger partial charge in [0.05, 0.1) is 18.8 Å². The summed E-state index contributed by atoms with van der Waals surface area (Å²) in [5.74, 6) is -0.0739. The highest BCUT2D eigenvalue weighted by Gasteiger charge is 2.17. The molecule has 0 radical (unpaired) electrons. The summed E-state index contributed by atoms with van der Waals surface area (Å²) in [4.78, 5) is 12.3. The number of aliphatic hydroxyl groups is 2. The van der Waals surface area contributed by atoms with Crippen molar-refractivity contribution in [3.63, 3.8) is 0 Å². The Balaban J connectivity index is 3.64. The summed E-state index contributed by atoms with van der Waals surface area (Å²) < 4.78 is 0. The maximum Gasteiger partial charge on any atom is 0.220 e. The van der Waals surface area contributed by atoms with Crippen molar-refractivity contribution in [2.45, 2.75) is 199 Å². The number of allylic oxidation sites excluding steroid dienone is 3. The lowest BCUT2D eigenvalue weighted by Crippen LogP contribution is -2.45. The van der Waals surface area contributed by atoms with E-state index in [1.165, 1.54) is 135 Å². The third kappa shape index (κ3) is 30.1. The van der Waals surface area contributed by atoms with Gasteiger partial charge in [0.25, 0.3) is 0 Å². The van der Waals surface area contributed by atoms with Gasteiger partial charge in [0.15, 0.2) is 0 Å². The summed E-state index contributed by atoms with van der Waals surface area (Å²) in [5.41, 5.74) is 0. The molecule has 41 heavy (non-hydrogen) atoms. The Morgan fingerprint density at radius 2 is 0.951 bits per heavy atom. The van der Waals surface area contributed by atoms with Crippen LogP contribution in [-0.4, -0.2) is 34.9 Å². The van der Waals surface area contributed by atoms with E-state index >= 15 is 0 Å². The van der Waals surface area contributed by atoms with Gasteiger partial charge in [-0.3, -0.25) is 4.79 Å². The second-order valence-electron chi connectivity index (χ2n) is 12.3. The van der Waals surface area contributed by atoms with E-state index in [1.54, 1.807) is 6.08 Å². The molecule has 0 aliphatic carbocycles. The zero-order valence-corrected chi connectivity index (χ0v) is 27.6. The standard InChI is InChI=1S/C37H71NO3/c1-3-5-7-9-11-13-15-17-18-19-21-23-25-27-29-31-33-37(41)38-35(34-39)36(40)32-30-28-26-24-22-20-16-14-12-10-8-6-4-2/h22,24,30,32,35-36,39-40H,3-21,23,25-29,31,33-34H2,1-2H3,(H,38,41)/b24-22+,32-30+/t35-,36+/m0/s1. The van der Waals surface area contributed by atoms with E-state index in [0.29, 0.717) is 6.42 Å². The molecule has 0 aromatic rings. The first-order chi connectivity index (χ1) is 20.2. The van der Waals surface area contributed by atoms with Crippen molar-refractivity contribution >= 4 is 5.91 Å². The molecule has 1 amide bonds. The monoisotopic (exact) mass is 578 g/mol. The van der Waals surface area contributed by atoms with Crippen LogP contribution in [0, 0.1) is 0 Å². The molecule has 0 saturated heterocycles. The predicted molar refractivity (Wildman–Crippen MR) is 179 cm³/mol. The Kier molecular flexibility index (Phi) is 32.5. The summed E-state index contributed by atoms with van der Waals surface area (Å²) >= 11 is 0. The summed E-state index contributed by atoms with van der Waals surface area (Å²) in [6.07, 6.45) is 41.2. The molecule has 0 bridgehead atoms. The van der Waals surface area contributed by atoms with E-state index in [0.717, 1.165) is 32.1 Å². The van der Waals surface area contributed by atoms with Crippen molar-refractivity contribution in [1.82, 2.24) is 5.32 Å². The molecule has 0 unspecified atom stereocenters. The van der Waals surface area contributed by atoms with Crippen LogP contribution in [0.2, 0.25) is 0 Å². The number of aliphatic hydroxyl groups excluding tert-OH is 2. The maximum absolute atomic E-state index is 12.3. The van der Waals surface area contributed by atoms with E-state index in [4.69, 9.17) is 0 Å². The average Bonchev–Trinajstić information content (AvgIpc) is 2.97. The molecule has 4 nitrogen and oxygen atoms in total. The largest absolute Gasteiger partial charge is 0.394 e. The quantitative estimate of drug-likeness (QED) is 0.0550.